The highest BCUT2D eigenvalue weighted by molar-refractivity contribution is 7.89. The zero-order valence-electron chi connectivity index (χ0n) is 12.3. The molecule has 1 aliphatic rings. The Morgan fingerprint density at radius 1 is 1.17 bits per heavy atom. The van der Waals surface area contributed by atoms with Gasteiger partial charge in [0.05, 0.1) is 10.5 Å². The molecule has 1 atom stereocenters. The maximum atomic E-state index is 12.5. The lowest BCUT2D eigenvalue weighted by molar-refractivity contribution is -0.137. The largest absolute Gasteiger partial charge is 0.416 e. The molecular weight excluding hydrogens is 353 g/mol. The van der Waals surface area contributed by atoms with Crippen LogP contribution in [0.15, 0.2) is 29.2 Å². The van der Waals surface area contributed by atoms with Crippen molar-refractivity contribution < 1.29 is 21.6 Å². The number of nitrogens with two attached hydrogens (primary N) is 1. The molecule has 0 radical (unpaired) electrons. The van der Waals surface area contributed by atoms with E-state index in [4.69, 9.17) is 5.73 Å². The SMILES string of the molecule is Cl.NCC(NS(=O)(=O)c1ccc(C(F)(F)F)cc1)C1CCCC1. The fourth-order valence-corrected chi connectivity index (χ4v) is 4.10. The van der Waals surface area contributed by atoms with Gasteiger partial charge in [-0.05, 0) is 43.0 Å². The van der Waals surface area contributed by atoms with Crippen molar-refractivity contribution >= 4 is 22.4 Å². The lowest BCUT2D eigenvalue weighted by atomic mass is 9.99. The van der Waals surface area contributed by atoms with E-state index in [1.54, 1.807) is 0 Å². The van der Waals surface area contributed by atoms with Crippen LogP contribution in [0.3, 0.4) is 0 Å². The summed E-state index contributed by atoms with van der Waals surface area (Å²) in [6, 6.07) is 3.08. The Balaban J connectivity index is 0.00000264. The third-order valence-corrected chi connectivity index (χ3v) is 5.53. The smallest absolute Gasteiger partial charge is 0.329 e. The van der Waals surface area contributed by atoms with Crippen molar-refractivity contribution in [3.05, 3.63) is 29.8 Å². The van der Waals surface area contributed by atoms with Crippen LogP contribution in [0.1, 0.15) is 31.2 Å². The molecule has 1 aliphatic carbocycles. The van der Waals surface area contributed by atoms with Gasteiger partial charge in [0.15, 0.2) is 0 Å². The van der Waals surface area contributed by atoms with Gasteiger partial charge in [0.25, 0.3) is 0 Å². The summed E-state index contributed by atoms with van der Waals surface area (Å²) in [5, 5.41) is 0. The second-order valence-corrected chi connectivity index (χ2v) is 7.24. The summed E-state index contributed by atoms with van der Waals surface area (Å²) in [7, 11) is -3.87. The predicted molar refractivity (Wildman–Crippen MR) is 83.8 cm³/mol. The van der Waals surface area contributed by atoms with Crippen molar-refractivity contribution in [2.45, 2.75) is 42.8 Å². The monoisotopic (exact) mass is 372 g/mol. The maximum Gasteiger partial charge on any atom is 0.416 e. The van der Waals surface area contributed by atoms with Gasteiger partial charge in [0.1, 0.15) is 0 Å². The minimum absolute atomic E-state index is 0. The molecule has 0 saturated heterocycles. The van der Waals surface area contributed by atoms with Crippen LogP contribution in [0.5, 0.6) is 0 Å². The summed E-state index contributed by atoms with van der Waals surface area (Å²) in [4.78, 5) is -0.183. The summed E-state index contributed by atoms with van der Waals surface area (Å²) in [5.74, 6) is 0.189. The molecule has 23 heavy (non-hydrogen) atoms. The van der Waals surface area contributed by atoms with Gasteiger partial charge in [0.2, 0.25) is 10.0 Å². The number of sulfonamides is 1. The molecule has 4 nitrogen and oxygen atoms in total. The fraction of sp³-hybridized carbons (Fsp3) is 0.571. The maximum absolute atomic E-state index is 12.5. The Hall–Kier alpha value is -0.830. The highest BCUT2D eigenvalue weighted by Gasteiger charge is 2.32. The topological polar surface area (TPSA) is 72.2 Å². The lowest BCUT2D eigenvalue weighted by Crippen LogP contribution is -2.44. The Morgan fingerprint density at radius 2 is 1.70 bits per heavy atom. The van der Waals surface area contributed by atoms with Crippen LogP contribution in [0.4, 0.5) is 13.2 Å². The first kappa shape index (κ1) is 20.2. The Morgan fingerprint density at radius 3 is 2.13 bits per heavy atom. The molecule has 1 aromatic rings. The molecule has 0 aliphatic heterocycles. The highest BCUT2D eigenvalue weighted by Crippen LogP contribution is 2.30. The van der Waals surface area contributed by atoms with Crippen LogP contribution in [-0.4, -0.2) is 21.0 Å². The van der Waals surface area contributed by atoms with Gasteiger partial charge in [-0.2, -0.15) is 13.2 Å². The summed E-state index contributed by atoms with van der Waals surface area (Å²) < 4.78 is 64.6. The molecule has 132 valence electrons. The molecule has 1 aromatic carbocycles. The van der Waals surface area contributed by atoms with Crippen LogP contribution in [0.25, 0.3) is 0 Å². The molecule has 2 rings (SSSR count). The van der Waals surface area contributed by atoms with Crippen LogP contribution >= 0.6 is 12.4 Å². The Labute approximate surface area is 140 Å². The number of hydrogen-bond donors (Lipinski definition) is 2. The number of hydrogen-bond acceptors (Lipinski definition) is 3. The van der Waals surface area contributed by atoms with Crippen LogP contribution in [0.2, 0.25) is 0 Å². The number of alkyl halides is 3. The van der Waals surface area contributed by atoms with Gasteiger partial charge >= 0.3 is 6.18 Å². The first-order chi connectivity index (χ1) is 10.2. The molecule has 0 spiro atoms. The first-order valence-electron chi connectivity index (χ1n) is 7.13. The normalized spacial score (nSPS) is 17.7. The number of halogens is 4. The van der Waals surface area contributed by atoms with E-state index in [1.807, 2.05) is 0 Å². The molecule has 0 bridgehead atoms. The molecule has 0 amide bonds. The van der Waals surface area contributed by atoms with E-state index >= 15 is 0 Å². The second kappa shape index (κ2) is 7.83. The Kier molecular flexibility index (Phi) is 6.88. The molecule has 1 saturated carbocycles. The quantitative estimate of drug-likeness (QED) is 0.834. The summed E-state index contributed by atoms with van der Waals surface area (Å²) in [5.41, 5.74) is 4.77. The third kappa shape index (κ3) is 5.07. The molecule has 1 unspecified atom stereocenters. The average Bonchev–Trinajstić information content (AvgIpc) is 2.98. The van der Waals surface area contributed by atoms with E-state index in [2.05, 4.69) is 4.72 Å². The van der Waals surface area contributed by atoms with Crippen molar-refractivity contribution in [1.29, 1.82) is 0 Å². The van der Waals surface area contributed by atoms with Crippen molar-refractivity contribution in [3.63, 3.8) is 0 Å². The molecule has 1 fully saturated rings. The molecule has 0 heterocycles. The molecule has 9 heteroatoms. The minimum atomic E-state index is -4.49. The number of rotatable bonds is 5. The lowest BCUT2D eigenvalue weighted by Gasteiger charge is -2.23. The summed E-state index contributed by atoms with van der Waals surface area (Å²) in [6.07, 6.45) is -0.569. The minimum Gasteiger partial charge on any atom is -0.329 e. The Bertz CT molecular complexity index is 599. The van der Waals surface area contributed by atoms with Gasteiger partial charge in [0, 0.05) is 12.6 Å². The van der Waals surface area contributed by atoms with Gasteiger partial charge in [-0.1, -0.05) is 12.8 Å². The molecule has 0 aromatic heterocycles. The van der Waals surface area contributed by atoms with Crippen molar-refractivity contribution in [2.24, 2.45) is 11.7 Å². The third-order valence-electron chi connectivity index (χ3n) is 4.02. The van der Waals surface area contributed by atoms with E-state index in [0.29, 0.717) is 0 Å². The van der Waals surface area contributed by atoms with Crippen molar-refractivity contribution in [2.75, 3.05) is 6.54 Å². The van der Waals surface area contributed by atoms with E-state index in [-0.39, 0.29) is 35.8 Å². The zero-order valence-corrected chi connectivity index (χ0v) is 14.0. The molecule has 3 N–H and O–H groups in total. The van der Waals surface area contributed by atoms with Crippen LogP contribution in [-0.2, 0) is 16.2 Å². The average molecular weight is 373 g/mol. The standard InChI is InChI=1S/C14H19F3N2O2S.ClH/c15-14(16,17)11-5-7-12(8-6-11)22(20,21)19-13(9-18)10-3-1-2-4-10;/h5-8,10,13,19H,1-4,9,18H2;1H. The number of benzene rings is 1. The zero-order chi connectivity index (χ0) is 16.4. The first-order valence-corrected chi connectivity index (χ1v) is 8.62. The van der Waals surface area contributed by atoms with E-state index in [9.17, 15) is 21.6 Å². The van der Waals surface area contributed by atoms with Gasteiger partial charge in [-0.15, -0.1) is 12.4 Å². The second-order valence-electron chi connectivity index (χ2n) is 5.53. The predicted octanol–water partition coefficient (Wildman–Crippen LogP) is 2.92. The summed E-state index contributed by atoms with van der Waals surface area (Å²) >= 11 is 0. The van der Waals surface area contributed by atoms with Gasteiger partial charge in [-0.3, -0.25) is 0 Å². The number of nitrogens with one attached hydrogen (secondary N) is 1. The van der Waals surface area contributed by atoms with Crippen molar-refractivity contribution in [1.82, 2.24) is 4.72 Å². The van der Waals surface area contributed by atoms with E-state index in [1.165, 1.54) is 0 Å². The van der Waals surface area contributed by atoms with Crippen molar-refractivity contribution in [3.8, 4) is 0 Å². The summed E-state index contributed by atoms with van der Waals surface area (Å²) in [6.45, 7) is 0.171. The van der Waals surface area contributed by atoms with Crippen LogP contribution < -0.4 is 10.5 Å². The highest BCUT2D eigenvalue weighted by atomic mass is 35.5. The van der Waals surface area contributed by atoms with E-state index in [0.717, 1.165) is 49.9 Å². The van der Waals surface area contributed by atoms with Gasteiger partial charge in [-0.25, -0.2) is 13.1 Å². The van der Waals surface area contributed by atoms with Crippen LogP contribution in [0, 0.1) is 5.92 Å². The fourth-order valence-electron chi connectivity index (χ4n) is 2.79. The molecular formula is C14H20ClF3N2O2S. The van der Waals surface area contributed by atoms with Gasteiger partial charge < -0.3 is 5.73 Å². The van der Waals surface area contributed by atoms with E-state index < -0.39 is 21.8 Å².